The molecule has 0 spiro atoms. The Morgan fingerprint density at radius 2 is 2.19 bits per heavy atom. The van der Waals surface area contributed by atoms with Crippen molar-refractivity contribution >= 4 is 23.0 Å². The highest BCUT2D eigenvalue weighted by Crippen LogP contribution is 2.26. The highest BCUT2D eigenvalue weighted by molar-refractivity contribution is 5.80. The Labute approximate surface area is 158 Å². The molecule has 2 heterocycles. The van der Waals surface area contributed by atoms with Gasteiger partial charge in [0.2, 0.25) is 5.91 Å². The Morgan fingerprint density at radius 1 is 1.30 bits per heavy atom. The first-order chi connectivity index (χ1) is 13.2. The van der Waals surface area contributed by atoms with Crippen molar-refractivity contribution in [2.24, 2.45) is 5.92 Å². The van der Waals surface area contributed by atoms with Gasteiger partial charge < -0.3 is 19.4 Å². The zero-order chi connectivity index (χ0) is 18.6. The number of benzene rings is 2. The van der Waals surface area contributed by atoms with Crippen LogP contribution in [-0.2, 0) is 11.3 Å². The highest BCUT2D eigenvalue weighted by Gasteiger charge is 2.28. The molecular weight excluding hydrogens is 342 g/mol. The Morgan fingerprint density at radius 3 is 3.04 bits per heavy atom. The molecule has 6 nitrogen and oxygen atoms in total. The minimum Gasteiger partial charge on any atom is -0.497 e. The van der Waals surface area contributed by atoms with Crippen molar-refractivity contribution in [3.63, 3.8) is 0 Å². The van der Waals surface area contributed by atoms with E-state index in [2.05, 4.69) is 15.2 Å². The summed E-state index contributed by atoms with van der Waals surface area (Å²) in [6, 6.07) is 16.1. The Bertz CT molecular complexity index is 904. The molecule has 0 aliphatic carbocycles. The van der Waals surface area contributed by atoms with Gasteiger partial charge in [-0.3, -0.25) is 4.79 Å². The lowest BCUT2D eigenvalue weighted by Gasteiger charge is -2.30. The van der Waals surface area contributed by atoms with E-state index in [0.29, 0.717) is 19.1 Å². The van der Waals surface area contributed by atoms with Crippen LogP contribution < -0.4 is 15.0 Å². The molecule has 1 aliphatic rings. The number of aromatic nitrogens is 1. The second kappa shape index (κ2) is 7.70. The lowest BCUT2D eigenvalue weighted by molar-refractivity contribution is -0.125. The summed E-state index contributed by atoms with van der Waals surface area (Å²) in [6.45, 7) is 1.97. The smallest absolute Gasteiger partial charge is 0.298 e. The van der Waals surface area contributed by atoms with Crippen molar-refractivity contribution in [3.05, 3.63) is 54.1 Å². The maximum atomic E-state index is 12.7. The fourth-order valence-corrected chi connectivity index (χ4v) is 3.48. The molecule has 1 saturated heterocycles. The first kappa shape index (κ1) is 17.4. The molecule has 1 fully saturated rings. The van der Waals surface area contributed by atoms with Gasteiger partial charge in [0.05, 0.1) is 13.0 Å². The van der Waals surface area contributed by atoms with E-state index in [1.165, 1.54) is 0 Å². The summed E-state index contributed by atoms with van der Waals surface area (Å²) in [5, 5.41) is 3.05. The number of methoxy groups -OCH3 is 1. The number of oxazole rings is 1. The molecule has 27 heavy (non-hydrogen) atoms. The lowest BCUT2D eigenvalue weighted by atomic mass is 9.97. The summed E-state index contributed by atoms with van der Waals surface area (Å²) in [5.74, 6) is 0.791. The van der Waals surface area contributed by atoms with Crippen LogP contribution in [0, 0.1) is 5.92 Å². The zero-order valence-corrected chi connectivity index (χ0v) is 15.4. The van der Waals surface area contributed by atoms with Gasteiger partial charge in [-0.15, -0.1) is 0 Å². The third kappa shape index (κ3) is 3.89. The van der Waals surface area contributed by atoms with E-state index >= 15 is 0 Å². The summed E-state index contributed by atoms with van der Waals surface area (Å²) < 4.78 is 11.1. The molecule has 3 aromatic rings. The van der Waals surface area contributed by atoms with E-state index in [1.54, 1.807) is 7.11 Å². The Kier molecular flexibility index (Phi) is 4.96. The second-order valence-electron chi connectivity index (χ2n) is 6.82. The molecule has 6 heteroatoms. The number of carbonyl (C=O) groups is 1. The summed E-state index contributed by atoms with van der Waals surface area (Å²) in [4.78, 5) is 19.3. The van der Waals surface area contributed by atoms with E-state index in [9.17, 15) is 4.79 Å². The highest BCUT2D eigenvalue weighted by atomic mass is 16.5. The molecule has 1 N–H and O–H groups in total. The number of carbonyl (C=O) groups excluding carboxylic acids is 1. The van der Waals surface area contributed by atoms with Gasteiger partial charge in [0.15, 0.2) is 5.58 Å². The van der Waals surface area contributed by atoms with Gasteiger partial charge in [0.25, 0.3) is 6.01 Å². The van der Waals surface area contributed by atoms with Gasteiger partial charge in [-0.05, 0) is 42.7 Å². The van der Waals surface area contributed by atoms with Gasteiger partial charge >= 0.3 is 0 Å². The fraction of sp³-hybridized carbons (Fsp3) is 0.333. The first-order valence-electron chi connectivity index (χ1n) is 9.24. The van der Waals surface area contributed by atoms with Crippen LogP contribution in [0.1, 0.15) is 18.4 Å². The predicted octanol–water partition coefficient (Wildman–Crippen LogP) is 3.37. The molecule has 1 amide bonds. The normalized spacial score (nSPS) is 17.1. The van der Waals surface area contributed by atoms with Crippen LogP contribution in [0.5, 0.6) is 5.75 Å². The average Bonchev–Trinajstić information content (AvgIpc) is 3.16. The van der Waals surface area contributed by atoms with E-state index in [-0.39, 0.29) is 11.8 Å². The van der Waals surface area contributed by atoms with Crippen LogP contribution in [0.2, 0.25) is 0 Å². The van der Waals surface area contributed by atoms with Gasteiger partial charge in [-0.1, -0.05) is 24.3 Å². The fourth-order valence-electron chi connectivity index (χ4n) is 3.48. The number of nitrogens with one attached hydrogen (secondary N) is 1. The SMILES string of the molecule is COc1cccc(CNC(=O)[C@H]2CCCN(c3nc4ccccc4o3)C2)c1. The number of fused-ring (bicyclic) bond motifs is 1. The second-order valence-corrected chi connectivity index (χ2v) is 6.82. The summed E-state index contributed by atoms with van der Waals surface area (Å²) in [6.07, 6.45) is 1.82. The molecule has 1 atom stereocenters. The molecule has 0 bridgehead atoms. The number of ether oxygens (including phenoxy) is 1. The number of amides is 1. The maximum Gasteiger partial charge on any atom is 0.298 e. The molecule has 4 rings (SSSR count). The molecule has 2 aromatic carbocycles. The van der Waals surface area contributed by atoms with E-state index in [0.717, 1.165) is 41.8 Å². The van der Waals surface area contributed by atoms with Gasteiger partial charge in [0, 0.05) is 19.6 Å². The van der Waals surface area contributed by atoms with Gasteiger partial charge in [-0.2, -0.15) is 4.98 Å². The largest absolute Gasteiger partial charge is 0.497 e. The molecular formula is C21H23N3O3. The van der Waals surface area contributed by atoms with E-state index in [1.807, 2.05) is 48.5 Å². The number of anilines is 1. The third-order valence-corrected chi connectivity index (χ3v) is 4.95. The lowest BCUT2D eigenvalue weighted by Crippen LogP contribution is -2.43. The van der Waals surface area contributed by atoms with Gasteiger partial charge in [0.1, 0.15) is 11.3 Å². The van der Waals surface area contributed by atoms with Crippen LogP contribution in [0.4, 0.5) is 6.01 Å². The van der Waals surface area contributed by atoms with Crippen LogP contribution in [0.25, 0.3) is 11.1 Å². The summed E-state index contributed by atoms with van der Waals surface area (Å²) in [7, 11) is 1.64. The molecule has 140 valence electrons. The van der Waals surface area contributed by atoms with E-state index < -0.39 is 0 Å². The summed E-state index contributed by atoms with van der Waals surface area (Å²) in [5.41, 5.74) is 2.64. The average molecular weight is 365 g/mol. The Balaban J connectivity index is 1.39. The number of rotatable bonds is 5. The van der Waals surface area contributed by atoms with Crippen molar-refractivity contribution in [2.75, 3.05) is 25.1 Å². The number of hydrogen-bond acceptors (Lipinski definition) is 5. The monoisotopic (exact) mass is 365 g/mol. The third-order valence-electron chi connectivity index (χ3n) is 4.95. The van der Waals surface area contributed by atoms with Crippen LogP contribution >= 0.6 is 0 Å². The van der Waals surface area contributed by atoms with Crippen molar-refractivity contribution in [1.29, 1.82) is 0 Å². The van der Waals surface area contributed by atoms with Crippen molar-refractivity contribution in [2.45, 2.75) is 19.4 Å². The van der Waals surface area contributed by atoms with Gasteiger partial charge in [-0.25, -0.2) is 0 Å². The predicted molar refractivity (Wildman–Crippen MR) is 104 cm³/mol. The van der Waals surface area contributed by atoms with Crippen molar-refractivity contribution in [1.82, 2.24) is 10.3 Å². The summed E-state index contributed by atoms with van der Waals surface area (Å²) >= 11 is 0. The number of para-hydroxylation sites is 2. The van der Waals surface area contributed by atoms with Crippen LogP contribution in [0.3, 0.4) is 0 Å². The van der Waals surface area contributed by atoms with Crippen molar-refractivity contribution < 1.29 is 13.9 Å². The minimum atomic E-state index is -0.0700. The topological polar surface area (TPSA) is 67.6 Å². The Hall–Kier alpha value is -3.02. The zero-order valence-electron chi connectivity index (χ0n) is 15.4. The van der Waals surface area contributed by atoms with Crippen LogP contribution in [-0.4, -0.2) is 31.1 Å². The molecule has 1 aromatic heterocycles. The maximum absolute atomic E-state index is 12.7. The van der Waals surface area contributed by atoms with Crippen LogP contribution in [0.15, 0.2) is 52.9 Å². The first-order valence-corrected chi connectivity index (χ1v) is 9.24. The van der Waals surface area contributed by atoms with E-state index in [4.69, 9.17) is 9.15 Å². The number of nitrogens with zero attached hydrogens (tertiary/aromatic N) is 2. The number of hydrogen-bond donors (Lipinski definition) is 1. The minimum absolute atomic E-state index is 0.0682. The molecule has 0 radical (unpaired) electrons. The number of piperidine rings is 1. The quantitative estimate of drug-likeness (QED) is 0.751. The van der Waals surface area contributed by atoms with Crippen molar-refractivity contribution in [3.8, 4) is 5.75 Å². The standard InChI is InChI=1S/C21H23N3O3/c1-26-17-8-4-6-15(12-17)13-22-20(25)16-7-5-11-24(14-16)21-23-18-9-2-3-10-19(18)27-21/h2-4,6,8-10,12,16H,5,7,11,13-14H2,1H3,(H,22,25)/t16-/m0/s1. The molecule has 1 aliphatic heterocycles. The molecule has 0 unspecified atom stereocenters. The molecule has 0 saturated carbocycles.